The van der Waals surface area contributed by atoms with Crippen LogP contribution in [0.2, 0.25) is 0 Å². The third-order valence-corrected chi connectivity index (χ3v) is 4.69. The third-order valence-electron chi connectivity index (χ3n) is 4.69. The van der Waals surface area contributed by atoms with Gasteiger partial charge in [0.25, 0.3) is 0 Å². The van der Waals surface area contributed by atoms with Crippen LogP contribution in [-0.2, 0) is 4.74 Å². The molecule has 0 aromatic heterocycles. The Kier molecular flexibility index (Phi) is 10.3. The van der Waals surface area contributed by atoms with E-state index < -0.39 is 0 Å². The molecule has 2 N–H and O–H groups in total. The van der Waals surface area contributed by atoms with E-state index in [1.54, 1.807) is 4.90 Å². The summed E-state index contributed by atoms with van der Waals surface area (Å²) in [5.41, 5.74) is 0. The van der Waals surface area contributed by atoms with Crippen molar-refractivity contribution in [3.8, 4) is 0 Å². The summed E-state index contributed by atoms with van der Waals surface area (Å²) >= 11 is 0. The molecule has 1 aliphatic rings. The number of hydrogen-bond acceptors (Lipinski definition) is 3. The number of hydrogen-bond donors (Lipinski definition) is 2. The Hall–Kier alpha value is -1.46. The number of nitrogens with zero attached hydrogens (tertiary/aromatic N) is 2. The highest BCUT2D eigenvalue weighted by atomic mass is 16.6. The molecule has 1 fully saturated rings. The van der Waals surface area contributed by atoms with Gasteiger partial charge in [0.2, 0.25) is 0 Å². The van der Waals surface area contributed by atoms with Crippen LogP contribution in [0.25, 0.3) is 0 Å². The molecule has 1 atom stereocenters. The molecule has 0 radical (unpaired) electrons. The van der Waals surface area contributed by atoms with Crippen LogP contribution in [0.3, 0.4) is 0 Å². The summed E-state index contributed by atoms with van der Waals surface area (Å²) in [6.07, 6.45) is 6.66. The van der Waals surface area contributed by atoms with Crippen molar-refractivity contribution in [1.29, 1.82) is 0 Å². The number of nitrogens with one attached hydrogen (secondary N) is 2. The molecule has 6 nitrogen and oxygen atoms in total. The smallest absolute Gasteiger partial charge is 0.409 e. The third kappa shape index (κ3) is 7.41. The minimum atomic E-state index is -0.194. The average Bonchev–Trinajstić information content (AvgIpc) is 2.61. The molecule has 0 aromatic rings. The lowest BCUT2D eigenvalue weighted by molar-refractivity contribution is 0.0963. The molecule has 0 aromatic carbocycles. The van der Waals surface area contributed by atoms with Crippen LogP contribution in [0.15, 0.2) is 4.99 Å². The van der Waals surface area contributed by atoms with E-state index in [-0.39, 0.29) is 6.09 Å². The van der Waals surface area contributed by atoms with E-state index in [2.05, 4.69) is 29.5 Å². The maximum Gasteiger partial charge on any atom is 0.409 e. The van der Waals surface area contributed by atoms with E-state index in [1.165, 1.54) is 25.7 Å². The summed E-state index contributed by atoms with van der Waals surface area (Å²) in [6, 6.07) is 0.359. The molecule has 1 aliphatic heterocycles. The van der Waals surface area contributed by atoms with Crippen LogP contribution in [-0.4, -0.2) is 56.3 Å². The van der Waals surface area contributed by atoms with Gasteiger partial charge in [0.1, 0.15) is 0 Å². The summed E-state index contributed by atoms with van der Waals surface area (Å²) in [5, 5.41) is 6.96. The highest BCUT2D eigenvalue weighted by Gasteiger charge is 2.24. The molecule has 24 heavy (non-hydrogen) atoms. The zero-order valence-electron chi connectivity index (χ0n) is 15.9. The largest absolute Gasteiger partial charge is 0.450 e. The first-order chi connectivity index (χ1) is 11.6. The van der Waals surface area contributed by atoms with Crippen molar-refractivity contribution in [2.75, 3.05) is 33.3 Å². The summed E-state index contributed by atoms with van der Waals surface area (Å²) < 4.78 is 5.06. The van der Waals surface area contributed by atoms with Crippen LogP contribution in [0, 0.1) is 5.92 Å². The van der Waals surface area contributed by atoms with Gasteiger partial charge in [-0.2, -0.15) is 0 Å². The van der Waals surface area contributed by atoms with Crippen molar-refractivity contribution < 1.29 is 9.53 Å². The van der Waals surface area contributed by atoms with Crippen molar-refractivity contribution in [1.82, 2.24) is 15.5 Å². The monoisotopic (exact) mass is 340 g/mol. The number of likely N-dealkylation sites (tertiary alicyclic amines) is 1. The van der Waals surface area contributed by atoms with Crippen LogP contribution in [0.1, 0.15) is 59.3 Å². The highest BCUT2D eigenvalue weighted by Crippen LogP contribution is 2.13. The van der Waals surface area contributed by atoms with E-state index in [4.69, 9.17) is 4.74 Å². The van der Waals surface area contributed by atoms with Gasteiger partial charge in [0, 0.05) is 32.7 Å². The fraction of sp³-hybridized carbons (Fsp3) is 0.889. The van der Waals surface area contributed by atoms with Crippen molar-refractivity contribution >= 4 is 12.1 Å². The predicted octanol–water partition coefficient (Wildman–Crippen LogP) is 2.99. The fourth-order valence-electron chi connectivity index (χ4n) is 2.99. The van der Waals surface area contributed by atoms with E-state index in [0.29, 0.717) is 18.6 Å². The molecule has 0 aliphatic carbocycles. The van der Waals surface area contributed by atoms with Gasteiger partial charge in [-0.15, -0.1) is 0 Å². The quantitative estimate of drug-likeness (QED) is 0.526. The van der Waals surface area contributed by atoms with E-state index in [0.717, 1.165) is 38.4 Å². The summed E-state index contributed by atoms with van der Waals surface area (Å²) in [5.74, 6) is 1.58. The number of guanidine groups is 1. The first kappa shape index (κ1) is 20.6. The van der Waals surface area contributed by atoms with Crippen LogP contribution in [0.4, 0.5) is 4.79 Å². The van der Waals surface area contributed by atoms with Crippen LogP contribution >= 0.6 is 0 Å². The molecule has 0 spiro atoms. The molecule has 0 saturated carbocycles. The minimum absolute atomic E-state index is 0.194. The van der Waals surface area contributed by atoms with Crippen molar-refractivity contribution in [2.45, 2.75) is 65.3 Å². The lowest BCUT2D eigenvalue weighted by atomic mass is 9.99. The molecule has 1 amide bonds. The van der Waals surface area contributed by atoms with Gasteiger partial charge in [0.05, 0.1) is 6.61 Å². The molecular formula is C18H36N4O2. The zero-order chi connectivity index (χ0) is 17.8. The van der Waals surface area contributed by atoms with Gasteiger partial charge in [0.15, 0.2) is 5.96 Å². The molecule has 140 valence electrons. The minimum Gasteiger partial charge on any atom is -0.450 e. The summed E-state index contributed by atoms with van der Waals surface area (Å²) in [4.78, 5) is 17.9. The number of amides is 1. The second-order valence-electron chi connectivity index (χ2n) is 6.47. The lowest BCUT2D eigenvalue weighted by Gasteiger charge is -2.32. The van der Waals surface area contributed by atoms with E-state index in [1.807, 2.05) is 14.0 Å². The Morgan fingerprint density at radius 3 is 2.54 bits per heavy atom. The van der Waals surface area contributed by atoms with Gasteiger partial charge in [-0.25, -0.2) is 4.79 Å². The molecule has 1 rings (SSSR count). The first-order valence-corrected chi connectivity index (χ1v) is 9.53. The predicted molar refractivity (Wildman–Crippen MR) is 99.4 cm³/mol. The summed E-state index contributed by atoms with van der Waals surface area (Å²) in [6.45, 7) is 9.21. The van der Waals surface area contributed by atoms with Crippen molar-refractivity contribution in [3.05, 3.63) is 0 Å². The van der Waals surface area contributed by atoms with Crippen molar-refractivity contribution in [2.24, 2.45) is 10.9 Å². The fourth-order valence-corrected chi connectivity index (χ4v) is 2.99. The SMILES string of the molecule is CCCCC(CC)CNC(=NC)NC1CCN(C(=O)OCC)CC1. The maximum absolute atomic E-state index is 11.7. The topological polar surface area (TPSA) is 66.0 Å². The number of rotatable bonds is 8. The molecule has 0 bridgehead atoms. The normalized spacial score (nSPS) is 17.5. The summed E-state index contributed by atoms with van der Waals surface area (Å²) in [7, 11) is 1.82. The zero-order valence-corrected chi connectivity index (χ0v) is 15.9. The number of aliphatic imine (C=N–C) groups is 1. The van der Waals surface area contributed by atoms with Gasteiger partial charge in [-0.1, -0.05) is 33.1 Å². The van der Waals surface area contributed by atoms with E-state index >= 15 is 0 Å². The van der Waals surface area contributed by atoms with Gasteiger partial charge in [-0.3, -0.25) is 4.99 Å². The molecule has 6 heteroatoms. The molecule has 1 saturated heterocycles. The highest BCUT2D eigenvalue weighted by molar-refractivity contribution is 5.80. The maximum atomic E-state index is 11.7. The second kappa shape index (κ2) is 12.0. The van der Waals surface area contributed by atoms with Crippen molar-refractivity contribution in [3.63, 3.8) is 0 Å². The Balaban J connectivity index is 2.32. The number of ether oxygens (including phenoxy) is 1. The van der Waals surface area contributed by atoms with Crippen LogP contribution < -0.4 is 10.6 Å². The Morgan fingerprint density at radius 2 is 2.00 bits per heavy atom. The van der Waals surface area contributed by atoms with Crippen LogP contribution in [0.5, 0.6) is 0 Å². The Labute approximate surface area is 147 Å². The number of piperidine rings is 1. The average molecular weight is 341 g/mol. The second-order valence-corrected chi connectivity index (χ2v) is 6.47. The van der Waals surface area contributed by atoms with E-state index in [9.17, 15) is 4.79 Å². The lowest BCUT2D eigenvalue weighted by Crippen LogP contribution is -2.50. The molecule has 1 unspecified atom stereocenters. The van der Waals surface area contributed by atoms with Gasteiger partial charge < -0.3 is 20.3 Å². The number of carbonyl (C=O) groups is 1. The number of carbonyl (C=O) groups excluding carboxylic acids is 1. The Bertz CT molecular complexity index is 379. The first-order valence-electron chi connectivity index (χ1n) is 9.53. The standard InChI is InChI=1S/C18H36N4O2/c1-5-8-9-15(6-2)14-20-17(19-4)21-16-10-12-22(13-11-16)18(23)24-7-3/h15-16H,5-14H2,1-4H3,(H2,19,20,21). The Morgan fingerprint density at radius 1 is 1.29 bits per heavy atom. The molecular weight excluding hydrogens is 304 g/mol. The van der Waals surface area contributed by atoms with Gasteiger partial charge in [-0.05, 0) is 32.1 Å². The number of unbranched alkanes of at least 4 members (excludes halogenated alkanes) is 1. The van der Waals surface area contributed by atoms with Gasteiger partial charge >= 0.3 is 6.09 Å². The molecule has 1 heterocycles.